The summed E-state index contributed by atoms with van der Waals surface area (Å²) in [6.45, 7) is 2.46. The molecular formula is C16H14BrN3O3. The molecule has 118 valence electrons. The molecule has 2 aromatic heterocycles. The quantitative estimate of drug-likeness (QED) is 0.671. The Hall–Kier alpha value is -2.41. The monoisotopic (exact) mass is 375 g/mol. The molecule has 0 atom stereocenters. The van der Waals surface area contributed by atoms with Gasteiger partial charge < -0.3 is 14.0 Å². The zero-order chi connectivity index (χ0) is 16.2. The van der Waals surface area contributed by atoms with Crippen molar-refractivity contribution in [3.05, 3.63) is 41.0 Å². The van der Waals surface area contributed by atoms with Crippen molar-refractivity contribution in [2.45, 2.75) is 6.92 Å². The fourth-order valence-electron chi connectivity index (χ4n) is 2.07. The van der Waals surface area contributed by atoms with Crippen LogP contribution in [0.15, 0.2) is 45.5 Å². The van der Waals surface area contributed by atoms with Gasteiger partial charge in [0.1, 0.15) is 5.69 Å². The molecule has 0 aliphatic rings. The molecule has 0 aliphatic heterocycles. The second-order valence-electron chi connectivity index (χ2n) is 4.56. The lowest BCUT2D eigenvalue weighted by atomic mass is 10.2. The summed E-state index contributed by atoms with van der Waals surface area (Å²) in [4.78, 5) is 8.58. The average molecular weight is 376 g/mol. The van der Waals surface area contributed by atoms with Crippen LogP contribution in [0.25, 0.3) is 23.0 Å². The lowest BCUT2D eigenvalue weighted by Crippen LogP contribution is -1.97. The SMILES string of the molecule is CCOc1c(Br)cc(-c2noc(-c3ccccn3)n2)cc1OC. The molecule has 0 aliphatic carbocycles. The van der Waals surface area contributed by atoms with Crippen molar-refractivity contribution in [1.29, 1.82) is 0 Å². The van der Waals surface area contributed by atoms with Gasteiger partial charge in [-0.2, -0.15) is 4.98 Å². The normalized spacial score (nSPS) is 10.6. The highest BCUT2D eigenvalue weighted by atomic mass is 79.9. The highest BCUT2D eigenvalue weighted by Crippen LogP contribution is 2.39. The zero-order valence-electron chi connectivity index (χ0n) is 12.6. The number of hydrogen-bond acceptors (Lipinski definition) is 6. The third-order valence-electron chi connectivity index (χ3n) is 3.09. The molecule has 3 aromatic rings. The van der Waals surface area contributed by atoms with Gasteiger partial charge in [-0.25, -0.2) is 0 Å². The summed E-state index contributed by atoms with van der Waals surface area (Å²) in [5.74, 6) is 2.06. The first kappa shape index (κ1) is 15.5. The van der Waals surface area contributed by atoms with Crippen LogP contribution in [0.5, 0.6) is 11.5 Å². The molecule has 23 heavy (non-hydrogen) atoms. The minimum atomic E-state index is 0.365. The molecule has 0 bridgehead atoms. The smallest absolute Gasteiger partial charge is 0.276 e. The number of nitrogens with zero attached hydrogens (tertiary/aromatic N) is 3. The molecule has 0 N–H and O–H groups in total. The summed E-state index contributed by atoms with van der Waals surface area (Å²) in [6, 6.07) is 9.17. The Labute approximate surface area is 141 Å². The maximum absolute atomic E-state index is 5.58. The predicted molar refractivity (Wildman–Crippen MR) is 88.4 cm³/mol. The van der Waals surface area contributed by atoms with Gasteiger partial charge in [-0.15, -0.1) is 0 Å². The average Bonchev–Trinajstić information content (AvgIpc) is 3.07. The first-order valence-corrected chi connectivity index (χ1v) is 7.78. The second-order valence-corrected chi connectivity index (χ2v) is 5.41. The molecule has 0 fully saturated rings. The third-order valence-corrected chi connectivity index (χ3v) is 3.68. The number of rotatable bonds is 5. The Kier molecular flexibility index (Phi) is 4.57. The van der Waals surface area contributed by atoms with E-state index >= 15 is 0 Å². The molecule has 2 heterocycles. The minimum absolute atomic E-state index is 0.365. The molecule has 0 unspecified atom stereocenters. The Balaban J connectivity index is 1.99. The fraction of sp³-hybridized carbons (Fsp3) is 0.188. The van der Waals surface area contributed by atoms with Crippen molar-refractivity contribution in [3.63, 3.8) is 0 Å². The molecule has 0 saturated heterocycles. The number of halogens is 1. The van der Waals surface area contributed by atoms with Gasteiger partial charge in [-0.05, 0) is 47.1 Å². The van der Waals surface area contributed by atoms with Crippen LogP contribution >= 0.6 is 15.9 Å². The molecule has 1 aromatic carbocycles. The van der Waals surface area contributed by atoms with Crippen molar-refractivity contribution in [3.8, 4) is 34.5 Å². The lowest BCUT2D eigenvalue weighted by molar-refractivity contribution is 0.309. The molecular weight excluding hydrogens is 362 g/mol. The molecule has 0 saturated carbocycles. The van der Waals surface area contributed by atoms with Gasteiger partial charge in [-0.3, -0.25) is 4.98 Å². The van der Waals surface area contributed by atoms with E-state index in [2.05, 4.69) is 31.1 Å². The number of hydrogen-bond donors (Lipinski definition) is 0. The molecule has 0 amide bonds. The van der Waals surface area contributed by atoms with Gasteiger partial charge in [0, 0.05) is 11.8 Å². The third kappa shape index (κ3) is 3.19. The van der Waals surface area contributed by atoms with E-state index in [0.29, 0.717) is 35.5 Å². The minimum Gasteiger partial charge on any atom is -0.493 e. The number of benzene rings is 1. The van der Waals surface area contributed by atoms with Crippen molar-refractivity contribution < 1.29 is 14.0 Å². The van der Waals surface area contributed by atoms with Crippen LogP contribution in [0.1, 0.15) is 6.92 Å². The van der Waals surface area contributed by atoms with Gasteiger partial charge >= 0.3 is 0 Å². The van der Waals surface area contributed by atoms with Gasteiger partial charge in [0.25, 0.3) is 5.89 Å². The van der Waals surface area contributed by atoms with Crippen LogP contribution in [0.4, 0.5) is 0 Å². The first-order chi connectivity index (χ1) is 11.2. The van der Waals surface area contributed by atoms with Gasteiger partial charge in [0.05, 0.1) is 18.2 Å². The topological polar surface area (TPSA) is 70.3 Å². The van der Waals surface area contributed by atoms with E-state index in [0.717, 1.165) is 10.0 Å². The first-order valence-electron chi connectivity index (χ1n) is 6.98. The number of pyridine rings is 1. The Morgan fingerprint density at radius 1 is 1.26 bits per heavy atom. The van der Waals surface area contributed by atoms with Crippen LogP contribution in [-0.2, 0) is 0 Å². The Bertz CT molecular complexity index is 806. The highest BCUT2D eigenvalue weighted by molar-refractivity contribution is 9.10. The van der Waals surface area contributed by atoms with Crippen LogP contribution in [-0.4, -0.2) is 28.8 Å². The molecule has 7 heteroatoms. The molecule has 0 radical (unpaired) electrons. The highest BCUT2D eigenvalue weighted by Gasteiger charge is 2.16. The predicted octanol–water partition coefficient (Wildman–Crippen LogP) is 3.97. The van der Waals surface area contributed by atoms with Gasteiger partial charge in [0.2, 0.25) is 5.82 Å². The summed E-state index contributed by atoms with van der Waals surface area (Å²) in [5.41, 5.74) is 1.38. The van der Waals surface area contributed by atoms with E-state index in [-0.39, 0.29) is 0 Å². The number of ether oxygens (including phenoxy) is 2. The van der Waals surface area contributed by atoms with Gasteiger partial charge in [0.15, 0.2) is 11.5 Å². The number of methoxy groups -OCH3 is 1. The van der Waals surface area contributed by atoms with Crippen LogP contribution in [0.2, 0.25) is 0 Å². The van der Waals surface area contributed by atoms with E-state index in [4.69, 9.17) is 14.0 Å². The van der Waals surface area contributed by atoms with Crippen LogP contribution in [0.3, 0.4) is 0 Å². The van der Waals surface area contributed by atoms with E-state index in [1.54, 1.807) is 13.3 Å². The van der Waals surface area contributed by atoms with Crippen molar-refractivity contribution in [1.82, 2.24) is 15.1 Å². The second kappa shape index (κ2) is 6.78. The fourth-order valence-corrected chi connectivity index (χ4v) is 2.62. The summed E-state index contributed by atoms with van der Waals surface area (Å²) in [7, 11) is 1.59. The lowest BCUT2D eigenvalue weighted by Gasteiger charge is -2.12. The maximum atomic E-state index is 5.58. The van der Waals surface area contributed by atoms with E-state index < -0.39 is 0 Å². The summed E-state index contributed by atoms with van der Waals surface area (Å²) < 4.78 is 17.0. The van der Waals surface area contributed by atoms with Crippen molar-refractivity contribution in [2.24, 2.45) is 0 Å². The molecule has 3 rings (SSSR count). The molecule has 0 spiro atoms. The van der Waals surface area contributed by atoms with E-state index in [1.807, 2.05) is 37.3 Å². The van der Waals surface area contributed by atoms with Crippen LogP contribution in [0, 0.1) is 0 Å². The largest absolute Gasteiger partial charge is 0.493 e. The zero-order valence-corrected chi connectivity index (χ0v) is 14.2. The Morgan fingerprint density at radius 2 is 2.13 bits per heavy atom. The van der Waals surface area contributed by atoms with E-state index in [9.17, 15) is 0 Å². The summed E-state index contributed by atoms with van der Waals surface area (Å²) in [5, 5.41) is 4.01. The van der Waals surface area contributed by atoms with Gasteiger partial charge in [-0.1, -0.05) is 11.2 Å². The maximum Gasteiger partial charge on any atom is 0.276 e. The number of aromatic nitrogens is 3. The van der Waals surface area contributed by atoms with E-state index in [1.165, 1.54) is 0 Å². The Morgan fingerprint density at radius 3 is 2.83 bits per heavy atom. The molecule has 6 nitrogen and oxygen atoms in total. The van der Waals surface area contributed by atoms with Crippen LogP contribution < -0.4 is 9.47 Å². The summed E-state index contributed by atoms with van der Waals surface area (Å²) >= 11 is 3.49. The van der Waals surface area contributed by atoms with Crippen molar-refractivity contribution in [2.75, 3.05) is 13.7 Å². The standard InChI is InChI=1S/C16H14BrN3O3/c1-3-22-14-11(17)8-10(9-13(14)21-2)15-19-16(23-20-15)12-6-4-5-7-18-12/h4-9H,3H2,1-2H3. The van der Waals surface area contributed by atoms with Crippen molar-refractivity contribution >= 4 is 15.9 Å². The summed E-state index contributed by atoms with van der Waals surface area (Å²) in [6.07, 6.45) is 1.68.